The summed E-state index contributed by atoms with van der Waals surface area (Å²) in [6.07, 6.45) is 1.61. The maximum absolute atomic E-state index is 6.03. The van der Waals surface area contributed by atoms with Gasteiger partial charge in [-0.25, -0.2) is 4.98 Å². The Kier molecular flexibility index (Phi) is 2.72. The van der Waals surface area contributed by atoms with Crippen LogP contribution in [0.4, 0.5) is 5.82 Å². The van der Waals surface area contributed by atoms with Crippen molar-refractivity contribution in [3.8, 4) is 5.82 Å². The van der Waals surface area contributed by atoms with Gasteiger partial charge >= 0.3 is 0 Å². The number of aromatic nitrogens is 3. The summed E-state index contributed by atoms with van der Waals surface area (Å²) in [5, 5.41) is 1.24. The molecule has 0 saturated heterocycles. The van der Waals surface area contributed by atoms with Crippen LogP contribution in [0.25, 0.3) is 16.7 Å². The Morgan fingerprint density at radius 1 is 1.22 bits per heavy atom. The Morgan fingerprint density at radius 3 is 2.83 bits per heavy atom. The van der Waals surface area contributed by atoms with Crippen LogP contribution in [0.15, 0.2) is 41.0 Å². The van der Waals surface area contributed by atoms with E-state index in [-0.39, 0.29) is 5.28 Å². The van der Waals surface area contributed by atoms with Gasteiger partial charge in [-0.1, -0.05) is 22.0 Å². The van der Waals surface area contributed by atoms with Gasteiger partial charge in [0.1, 0.15) is 11.6 Å². The van der Waals surface area contributed by atoms with Crippen molar-refractivity contribution in [1.82, 2.24) is 14.5 Å². The van der Waals surface area contributed by atoms with Crippen molar-refractivity contribution < 1.29 is 0 Å². The molecular formula is C12H8BrClN4. The number of benzene rings is 1. The third-order valence-corrected chi connectivity index (χ3v) is 3.31. The molecule has 2 heterocycles. The van der Waals surface area contributed by atoms with Gasteiger partial charge in [-0.05, 0) is 35.9 Å². The van der Waals surface area contributed by atoms with Gasteiger partial charge in [0.25, 0.3) is 0 Å². The Morgan fingerprint density at radius 2 is 2.06 bits per heavy atom. The average Bonchev–Trinajstić information content (AvgIpc) is 2.64. The molecule has 4 nitrogen and oxygen atoms in total. The van der Waals surface area contributed by atoms with Gasteiger partial charge < -0.3 is 5.73 Å². The van der Waals surface area contributed by atoms with E-state index in [0.29, 0.717) is 11.6 Å². The Bertz CT molecular complexity index is 738. The maximum atomic E-state index is 6.03. The zero-order chi connectivity index (χ0) is 12.7. The predicted molar refractivity (Wildman–Crippen MR) is 76.0 cm³/mol. The Balaban J connectivity index is 2.34. The molecule has 18 heavy (non-hydrogen) atoms. The molecule has 0 saturated carbocycles. The minimum atomic E-state index is 0.198. The van der Waals surface area contributed by atoms with Crippen LogP contribution in [-0.4, -0.2) is 14.5 Å². The maximum Gasteiger partial charge on any atom is 0.224 e. The van der Waals surface area contributed by atoms with E-state index in [2.05, 4.69) is 25.9 Å². The van der Waals surface area contributed by atoms with Gasteiger partial charge in [0.15, 0.2) is 0 Å². The number of hydrogen-bond acceptors (Lipinski definition) is 3. The smallest absolute Gasteiger partial charge is 0.224 e. The van der Waals surface area contributed by atoms with E-state index in [1.807, 2.05) is 28.8 Å². The third-order valence-electron chi connectivity index (χ3n) is 2.64. The summed E-state index contributed by atoms with van der Waals surface area (Å²) < 4.78 is 2.82. The number of rotatable bonds is 1. The van der Waals surface area contributed by atoms with Crippen LogP contribution in [0.1, 0.15) is 0 Å². The highest BCUT2D eigenvalue weighted by Crippen LogP contribution is 2.27. The quantitative estimate of drug-likeness (QED) is 0.698. The van der Waals surface area contributed by atoms with E-state index in [1.54, 1.807) is 12.3 Å². The number of anilines is 1. The zero-order valence-electron chi connectivity index (χ0n) is 9.14. The molecule has 90 valence electrons. The SMILES string of the molecule is Nc1cc2ccc(Br)cc2n1-c1ccnc(Cl)n1. The molecule has 0 aliphatic carbocycles. The summed E-state index contributed by atoms with van der Waals surface area (Å²) in [4.78, 5) is 8.05. The van der Waals surface area contributed by atoms with Crippen LogP contribution >= 0.6 is 27.5 Å². The summed E-state index contributed by atoms with van der Waals surface area (Å²) in [6.45, 7) is 0. The molecule has 2 aromatic heterocycles. The van der Waals surface area contributed by atoms with Crippen LogP contribution in [0.5, 0.6) is 0 Å². The summed E-state index contributed by atoms with van der Waals surface area (Å²) in [5.74, 6) is 1.26. The largest absolute Gasteiger partial charge is 0.385 e. The second-order valence-electron chi connectivity index (χ2n) is 3.79. The second kappa shape index (κ2) is 4.26. The molecule has 0 aliphatic heterocycles. The van der Waals surface area contributed by atoms with Crippen molar-refractivity contribution in [3.63, 3.8) is 0 Å². The van der Waals surface area contributed by atoms with E-state index in [9.17, 15) is 0 Å². The first-order valence-electron chi connectivity index (χ1n) is 5.20. The van der Waals surface area contributed by atoms with Crippen LogP contribution in [0, 0.1) is 0 Å². The van der Waals surface area contributed by atoms with E-state index < -0.39 is 0 Å². The normalized spacial score (nSPS) is 11.0. The predicted octanol–water partition coefficient (Wildman–Crippen LogP) is 3.42. The highest BCUT2D eigenvalue weighted by molar-refractivity contribution is 9.10. The van der Waals surface area contributed by atoms with E-state index in [1.165, 1.54) is 0 Å². The Hall–Kier alpha value is -1.59. The summed E-state index contributed by atoms with van der Waals surface area (Å²) >= 11 is 9.26. The standard InChI is InChI=1S/C12H8BrClN4/c13-8-2-1-7-5-10(15)18(9(7)6-8)11-3-4-16-12(14)17-11/h1-6H,15H2. The molecule has 3 rings (SSSR count). The number of nitrogens with zero attached hydrogens (tertiary/aromatic N) is 3. The van der Waals surface area contributed by atoms with Crippen molar-refractivity contribution in [1.29, 1.82) is 0 Å². The average molecular weight is 324 g/mol. The first-order chi connectivity index (χ1) is 8.65. The summed E-state index contributed by atoms with van der Waals surface area (Å²) in [6, 6.07) is 9.62. The number of nitrogen functional groups attached to an aromatic ring is 1. The van der Waals surface area contributed by atoms with Crippen LogP contribution in [0.2, 0.25) is 5.28 Å². The first kappa shape index (κ1) is 11.5. The number of fused-ring (bicyclic) bond motifs is 1. The van der Waals surface area contributed by atoms with Crippen molar-refractivity contribution in [2.45, 2.75) is 0 Å². The van der Waals surface area contributed by atoms with E-state index in [4.69, 9.17) is 17.3 Å². The van der Waals surface area contributed by atoms with Gasteiger partial charge in [0.2, 0.25) is 5.28 Å². The summed E-state index contributed by atoms with van der Waals surface area (Å²) in [5.41, 5.74) is 7.00. The highest BCUT2D eigenvalue weighted by atomic mass is 79.9. The van der Waals surface area contributed by atoms with Gasteiger partial charge in [0, 0.05) is 16.1 Å². The highest BCUT2D eigenvalue weighted by Gasteiger charge is 2.10. The minimum absolute atomic E-state index is 0.198. The molecule has 0 radical (unpaired) electrons. The minimum Gasteiger partial charge on any atom is -0.385 e. The second-order valence-corrected chi connectivity index (χ2v) is 5.05. The molecule has 0 spiro atoms. The van der Waals surface area contributed by atoms with Crippen LogP contribution in [-0.2, 0) is 0 Å². The molecule has 0 bridgehead atoms. The van der Waals surface area contributed by atoms with E-state index >= 15 is 0 Å². The molecule has 0 fully saturated rings. The number of hydrogen-bond donors (Lipinski definition) is 1. The van der Waals surface area contributed by atoms with E-state index in [0.717, 1.165) is 15.4 Å². The van der Waals surface area contributed by atoms with Gasteiger partial charge in [-0.2, -0.15) is 4.98 Å². The molecule has 3 aromatic rings. The third kappa shape index (κ3) is 1.85. The lowest BCUT2D eigenvalue weighted by atomic mass is 10.2. The monoisotopic (exact) mass is 322 g/mol. The molecule has 6 heteroatoms. The van der Waals surface area contributed by atoms with Crippen LogP contribution in [0.3, 0.4) is 0 Å². The van der Waals surface area contributed by atoms with Gasteiger partial charge in [-0.15, -0.1) is 0 Å². The first-order valence-corrected chi connectivity index (χ1v) is 6.37. The fourth-order valence-corrected chi connectivity index (χ4v) is 2.39. The number of nitrogens with two attached hydrogens (primary N) is 1. The lowest BCUT2D eigenvalue weighted by Crippen LogP contribution is -2.02. The molecule has 0 unspecified atom stereocenters. The van der Waals surface area contributed by atoms with Crippen molar-refractivity contribution in [2.24, 2.45) is 0 Å². The molecule has 2 N–H and O–H groups in total. The van der Waals surface area contributed by atoms with Gasteiger partial charge in [0.05, 0.1) is 5.52 Å². The zero-order valence-corrected chi connectivity index (χ0v) is 11.5. The molecule has 0 aliphatic rings. The van der Waals surface area contributed by atoms with Crippen molar-refractivity contribution in [2.75, 3.05) is 5.73 Å². The number of halogens is 2. The summed E-state index contributed by atoms with van der Waals surface area (Å²) in [7, 11) is 0. The lowest BCUT2D eigenvalue weighted by Gasteiger charge is -2.06. The molecule has 0 amide bonds. The molecular weight excluding hydrogens is 316 g/mol. The van der Waals surface area contributed by atoms with Crippen molar-refractivity contribution in [3.05, 3.63) is 46.3 Å². The molecule has 1 aromatic carbocycles. The fraction of sp³-hybridized carbons (Fsp3) is 0. The van der Waals surface area contributed by atoms with Crippen LogP contribution < -0.4 is 5.73 Å². The van der Waals surface area contributed by atoms with Crippen molar-refractivity contribution >= 4 is 44.3 Å². The Labute approximate surface area is 117 Å². The van der Waals surface area contributed by atoms with Gasteiger partial charge in [-0.3, -0.25) is 4.57 Å². The molecule has 0 atom stereocenters. The topological polar surface area (TPSA) is 56.7 Å². The fourth-order valence-electron chi connectivity index (χ4n) is 1.90. The lowest BCUT2D eigenvalue weighted by molar-refractivity contribution is 1.02.